The minimum absolute atomic E-state index is 0.102. The Bertz CT molecular complexity index is 713. The molecule has 0 spiro atoms. The second kappa shape index (κ2) is 11.1. The van der Waals surface area contributed by atoms with E-state index in [1.807, 2.05) is 28.3 Å². The van der Waals surface area contributed by atoms with Gasteiger partial charge in [-0.1, -0.05) is 33.8 Å². The predicted molar refractivity (Wildman–Crippen MR) is 123 cm³/mol. The highest BCUT2D eigenvalue weighted by molar-refractivity contribution is 5.90. The second-order valence-electron chi connectivity index (χ2n) is 10.1. The van der Waals surface area contributed by atoms with Crippen molar-refractivity contribution in [2.75, 3.05) is 26.2 Å². The third-order valence-corrected chi connectivity index (χ3v) is 6.56. The number of amides is 2. The van der Waals surface area contributed by atoms with E-state index in [0.29, 0.717) is 24.3 Å². The van der Waals surface area contributed by atoms with Gasteiger partial charge >= 0.3 is 0 Å². The van der Waals surface area contributed by atoms with Gasteiger partial charge in [0.25, 0.3) is 0 Å². The summed E-state index contributed by atoms with van der Waals surface area (Å²) in [5, 5.41) is 3.36. The molecule has 3 rings (SSSR count). The summed E-state index contributed by atoms with van der Waals surface area (Å²) in [6.45, 7) is 11.5. The average molecular weight is 429 g/mol. The molecule has 1 aromatic heterocycles. The number of piperazine rings is 1. The first-order valence-electron chi connectivity index (χ1n) is 12.1. The SMILES string of the molecule is CC(C)CC(C(=O)N1CCC(Cc2cccnc2)CC1)N1CCN[C@@H](CC(C)C)C1=O. The Kier molecular flexibility index (Phi) is 8.47. The lowest BCUT2D eigenvalue weighted by Crippen LogP contribution is -2.62. The van der Waals surface area contributed by atoms with Crippen molar-refractivity contribution in [3.63, 3.8) is 0 Å². The predicted octanol–water partition coefficient (Wildman–Crippen LogP) is 3.12. The van der Waals surface area contributed by atoms with E-state index in [-0.39, 0.29) is 23.9 Å². The van der Waals surface area contributed by atoms with E-state index in [1.165, 1.54) is 5.56 Å². The van der Waals surface area contributed by atoms with Crippen LogP contribution in [0.3, 0.4) is 0 Å². The van der Waals surface area contributed by atoms with E-state index in [0.717, 1.165) is 51.7 Å². The van der Waals surface area contributed by atoms with E-state index in [2.05, 4.69) is 44.1 Å². The van der Waals surface area contributed by atoms with Crippen LogP contribution in [-0.2, 0) is 16.0 Å². The quantitative estimate of drug-likeness (QED) is 0.691. The summed E-state index contributed by atoms with van der Waals surface area (Å²) >= 11 is 0. The molecule has 1 aromatic rings. The van der Waals surface area contributed by atoms with Crippen molar-refractivity contribution in [2.45, 2.75) is 71.9 Å². The van der Waals surface area contributed by atoms with E-state index in [1.54, 1.807) is 0 Å². The third-order valence-electron chi connectivity index (χ3n) is 6.56. The van der Waals surface area contributed by atoms with E-state index in [4.69, 9.17) is 0 Å². The largest absolute Gasteiger partial charge is 0.341 e. The number of hydrogen-bond donors (Lipinski definition) is 1. The molecule has 2 saturated heterocycles. The molecule has 31 heavy (non-hydrogen) atoms. The van der Waals surface area contributed by atoms with Crippen LogP contribution in [-0.4, -0.2) is 64.9 Å². The lowest BCUT2D eigenvalue weighted by Gasteiger charge is -2.42. The molecule has 6 heteroatoms. The molecular weight excluding hydrogens is 388 g/mol. The van der Waals surface area contributed by atoms with Gasteiger partial charge in [-0.05, 0) is 61.5 Å². The number of pyridine rings is 1. The van der Waals surface area contributed by atoms with E-state index in [9.17, 15) is 9.59 Å². The Labute approximate surface area is 187 Å². The molecule has 172 valence electrons. The summed E-state index contributed by atoms with van der Waals surface area (Å²) in [5.74, 6) is 1.65. The van der Waals surface area contributed by atoms with Gasteiger partial charge in [-0.3, -0.25) is 14.6 Å². The Balaban J connectivity index is 1.63. The standard InChI is InChI=1S/C25H40N4O2/c1-18(2)14-22-24(30)29(13-10-27-22)23(15-19(3)4)25(31)28-11-7-20(8-12-28)16-21-6-5-9-26-17-21/h5-6,9,17-20,22-23,27H,7-8,10-16H2,1-4H3/t22-,23?/m0/s1. The number of aromatic nitrogens is 1. The lowest BCUT2D eigenvalue weighted by molar-refractivity contribution is -0.150. The monoisotopic (exact) mass is 428 g/mol. The highest BCUT2D eigenvalue weighted by Crippen LogP contribution is 2.25. The molecule has 2 atom stereocenters. The molecule has 0 aliphatic carbocycles. The number of piperidine rings is 1. The van der Waals surface area contributed by atoms with Crippen LogP contribution in [0, 0.1) is 17.8 Å². The zero-order valence-corrected chi connectivity index (χ0v) is 19.7. The van der Waals surface area contributed by atoms with Crippen LogP contribution in [0.2, 0.25) is 0 Å². The molecule has 2 aliphatic rings. The van der Waals surface area contributed by atoms with Crippen LogP contribution < -0.4 is 5.32 Å². The van der Waals surface area contributed by atoms with Gasteiger partial charge in [-0.25, -0.2) is 0 Å². The Morgan fingerprint density at radius 1 is 1.16 bits per heavy atom. The Morgan fingerprint density at radius 2 is 1.90 bits per heavy atom. The fourth-order valence-electron chi connectivity index (χ4n) is 4.95. The van der Waals surface area contributed by atoms with Crippen molar-refractivity contribution in [3.8, 4) is 0 Å². The minimum atomic E-state index is -0.334. The summed E-state index contributed by atoms with van der Waals surface area (Å²) in [6, 6.07) is 3.62. The highest BCUT2D eigenvalue weighted by Gasteiger charge is 2.39. The number of hydrogen-bond acceptors (Lipinski definition) is 4. The van der Waals surface area contributed by atoms with Gasteiger partial charge in [0.05, 0.1) is 6.04 Å². The van der Waals surface area contributed by atoms with Gasteiger partial charge in [0, 0.05) is 38.6 Å². The first-order valence-corrected chi connectivity index (χ1v) is 12.1. The Hall–Kier alpha value is -1.95. The van der Waals surface area contributed by atoms with Crippen LogP contribution in [0.25, 0.3) is 0 Å². The summed E-state index contributed by atoms with van der Waals surface area (Å²) in [4.78, 5) is 34.9. The van der Waals surface area contributed by atoms with E-state index >= 15 is 0 Å². The molecule has 1 N–H and O–H groups in total. The number of carbonyl (C=O) groups excluding carboxylic acids is 2. The molecule has 2 amide bonds. The molecule has 0 aromatic carbocycles. The maximum Gasteiger partial charge on any atom is 0.245 e. The first-order chi connectivity index (χ1) is 14.8. The van der Waals surface area contributed by atoms with Crippen LogP contribution >= 0.6 is 0 Å². The Morgan fingerprint density at radius 3 is 2.52 bits per heavy atom. The summed E-state index contributed by atoms with van der Waals surface area (Å²) in [6.07, 6.45) is 8.36. The van der Waals surface area contributed by atoms with Gasteiger partial charge in [0.2, 0.25) is 11.8 Å². The number of rotatable bonds is 8. The zero-order chi connectivity index (χ0) is 22.4. The minimum Gasteiger partial charge on any atom is -0.341 e. The molecule has 0 saturated carbocycles. The zero-order valence-electron chi connectivity index (χ0n) is 19.7. The van der Waals surface area contributed by atoms with Gasteiger partial charge in [-0.15, -0.1) is 0 Å². The van der Waals surface area contributed by atoms with Crippen LogP contribution in [0.4, 0.5) is 0 Å². The number of nitrogens with one attached hydrogen (secondary N) is 1. The fraction of sp³-hybridized carbons (Fsp3) is 0.720. The number of carbonyl (C=O) groups is 2. The van der Waals surface area contributed by atoms with Gasteiger partial charge in [0.15, 0.2) is 0 Å². The molecule has 0 bridgehead atoms. The summed E-state index contributed by atoms with van der Waals surface area (Å²) < 4.78 is 0. The van der Waals surface area contributed by atoms with Crippen molar-refractivity contribution in [3.05, 3.63) is 30.1 Å². The molecule has 0 radical (unpaired) electrons. The molecule has 3 heterocycles. The average Bonchev–Trinajstić information content (AvgIpc) is 2.74. The molecule has 6 nitrogen and oxygen atoms in total. The van der Waals surface area contributed by atoms with Crippen LogP contribution in [0.5, 0.6) is 0 Å². The normalized spacial score (nSPS) is 21.7. The van der Waals surface area contributed by atoms with Crippen molar-refractivity contribution >= 4 is 11.8 Å². The lowest BCUT2D eigenvalue weighted by atomic mass is 9.90. The maximum atomic E-state index is 13.6. The summed E-state index contributed by atoms with van der Waals surface area (Å²) in [5.41, 5.74) is 1.27. The van der Waals surface area contributed by atoms with Crippen LogP contribution in [0.1, 0.15) is 58.9 Å². The van der Waals surface area contributed by atoms with Crippen molar-refractivity contribution in [2.24, 2.45) is 17.8 Å². The van der Waals surface area contributed by atoms with Crippen LogP contribution in [0.15, 0.2) is 24.5 Å². The topological polar surface area (TPSA) is 65.5 Å². The van der Waals surface area contributed by atoms with Crippen molar-refractivity contribution in [1.82, 2.24) is 20.1 Å². The number of nitrogens with zero attached hydrogens (tertiary/aromatic N) is 3. The summed E-state index contributed by atoms with van der Waals surface area (Å²) in [7, 11) is 0. The van der Waals surface area contributed by atoms with Crippen molar-refractivity contribution < 1.29 is 9.59 Å². The second-order valence-corrected chi connectivity index (χ2v) is 10.1. The van der Waals surface area contributed by atoms with E-state index < -0.39 is 0 Å². The van der Waals surface area contributed by atoms with Gasteiger partial charge < -0.3 is 15.1 Å². The maximum absolute atomic E-state index is 13.6. The first kappa shape index (κ1) is 23.7. The fourth-order valence-corrected chi connectivity index (χ4v) is 4.95. The molecule has 2 aliphatic heterocycles. The van der Waals surface area contributed by atoms with Gasteiger partial charge in [-0.2, -0.15) is 0 Å². The number of likely N-dealkylation sites (tertiary alicyclic amines) is 1. The molecule has 1 unspecified atom stereocenters. The molecular formula is C25H40N4O2. The van der Waals surface area contributed by atoms with Gasteiger partial charge in [0.1, 0.15) is 6.04 Å². The smallest absolute Gasteiger partial charge is 0.245 e. The van der Waals surface area contributed by atoms with Crippen molar-refractivity contribution in [1.29, 1.82) is 0 Å². The highest BCUT2D eigenvalue weighted by atomic mass is 16.2. The molecule has 2 fully saturated rings. The third kappa shape index (κ3) is 6.52.